The average molecular weight is 370 g/mol. The van der Waals surface area contributed by atoms with Gasteiger partial charge in [0, 0.05) is 6.04 Å². The molecule has 2 heterocycles. The molecule has 2 amide bonds. The highest BCUT2D eigenvalue weighted by Crippen LogP contribution is 2.17. The van der Waals surface area contributed by atoms with Crippen LogP contribution in [-0.2, 0) is 6.54 Å². The molecule has 0 unspecified atom stereocenters. The smallest absolute Gasteiger partial charge is 0.318 e. The van der Waals surface area contributed by atoms with Gasteiger partial charge in [-0.25, -0.2) is 9.78 Å². The summed E-state index contributed by atoms with van der Waals surface area (Å²) in [7, 11) is 0. The number of aromatic amines is 1. The van der Waals surface area contributed by atoms with E-state index < -0.39 is 0 Å². The zero-order valence-corrected chi connectivity index (χ0v) is 15.7. The van der Waals surface area contributed by atoms with Gasteiger partial charge in [-0.15, -0.1) is 0 Å². The number of rotatable bonds is 3. The van der Waals surface area contributed by atoms with Crippen LogP contribution in [0.1, 0.15) is 37.9 Å². The average Bonchev–Trinajstić information content (AvgIpc) is 2.69. The number of carbonyl (C=O) groups excluding carboxylic acids is 1. The van der Waals surface area contributed by atoms with Crippen LogP contribution >= 0.6 is 0 Å². The summed E-state index contributed by atoms with van der Waals surface area (Å²) in [6.45, 7) is 3.90. The number of urea groups is 1. The van der Waals surface area contributed by atoms with E-state index in [0.717, 1.165) is 44.5 Å². The molecule has 7 nitrogen and oxygen atoms in total. The lowest BCUT2D eigenvalue weighted by atomic mass is 9.96. The molecule has 27 heavy (non-hydrogen) atoms. The Kier molecular flexibility index (Phi) is 5.38. The van der Waals surface area contributed by atoms with Gasteiger partial charge in [0.05, 0.1) is 37.1 Å². The van der Waals surface area contributed by atoms with Crippen LogP contribution in [0.3, 0.4) is 0 Å². The van der Waals surface area contributed by atoms with Gasteiger partial charge in [-0.2, -0.15) is 0 Å². The summed E-state index contributed by atoms with van der Waals surface area (Å²) in [4.78, 5) is 35.4. The number of carbonyl (C=O) groups is 1. The number of hydrogen-bond acceptors (Lipinski definition) is 3. The Labute approximate surface area is 158 Å². The number of H-pyrrole nitrogens is 1. The highest BCUT2D eigenvalue weighted by Gasteiger charge is 2.26. The van der Waals surface area contributed by atoms with Gasteiger partial charge in [0.25, 0.3) is 5.56 Å². The van der Waals surface area contributed by atoms with Crippen molar-refractivity contribution in [3.05, 3.63) is 40.4 Å². The van der Waals surface area contributed by atoms with Gasteiger partial charge in [-0.1, -0.05) is 31.4 Å². The predicted octanol–water partition coefficient (Wildman–Crippen LogP) is 0.666. The van der Waals surface area contributed by atoms with Crippen molar-refractivity contribution in [2.45, 2.75) is 44.7 Å². The van der Waals surface area contributed by atoms with E-state index in [-0.39, 0.29) is 11.6 Å². The minimum absolute atomic E-state index is 0.0817. The van der Waals surface area contributed by atoms with Crippen molar-refractivity contribution in [1.82, 2.24) is 20.2 Å². The highest BCUT2D eigenvalue weighted by atomic mass is 16.2. The summed E-state index contributed by atoms with van der Waals surface area (Å²) < 4.78 is 0. The number of amides is 2. The molecular formula is C20H28N5O2+. The molecule has 1 aromatic carbocycles. The zero-order chi connectivity index (χ0) is 18.6. The number of para-hydroxylation sites is 1. The monoisotopic (exact) mass is 370 g/mol. The first-order valence-corrected chi connectivity index (χ1v) is 10.1. The van der Waals surface area contributed by atoms with E-state index in [1.807, 2.05) is 23.1 Å². The fraction of sp³-hybridized carbons (Fsp3) is 0.550. The molecule has 4 rings (SSSR count). The molecule has 0 bridgehead atoms. The lowest BCUT2D eigenvalue weighted by Gasteiger charge is -2.33. The Morgan fingerprint density at radius 1 is 1.19 bits per heavy atom. The molecule has 1 aliphatic heterocycles. The third-order valence-electron chi connectivity index (χ3n) is 5.77. The molecule has 3 N–H and O–H groups in total. The molecule has 1 saturated heterocycles. The van der Waals surface area contributed by atoms with E-state index in [4.69, 9.17) is 0 Å². The van der Waals surface area contributed by atoms with Crippen molar-refractivity contribution < 1.29 is 9.69 Å². The van der Waals surface area contributed by atoms with E-state index in [1.54, 1.807) is 6.07 Å². The Hall–Kier alpha value is -2.41. The molecule has 1 aromatic heterocycles. The second-order valence-electron chi connectivity index (χ2n) is 7.73. The van der Waals surface area contributed by atoms with Gasteiger partial charge in [-0.3, -0.25) is 4.79 Å². The van der Waals surface area contributed by atoms with Crippen molar-refractivity contribution in [3.8, 4) is 0 Å². The maximum Gasteiger partial charge on any atom is 0.318 e. The van der Waals surface area contributed by atoms with Crippen molar-refractivity contribution in [3.63, 3.8) is 0 Å². The van der Waals surface area contributed by atoms with Crippen LogP contribution in [0.25, 0.3) is 10.9 Å². The number of quaternary nitrogens is 1. The second kappa shape index (κ2) is 8.08. The summed E-state index contributed by atoms with van der Waals surface area (Å²) >= 11 is 0. The quantitative estimate of drug-likeness (QED) is 0.743. The summed E-state index contributed by atoms with van der Waals surface area (Å²) in [6, 6.07) is 7.84. The predicted molar refractivity (Wildman–Crippen MR) is 104 cm³/mol. The number of aromatic nitrogens is 2. The molecule has 144 valence electrons. The first kappa shape index (κ1) is 18.0. The minimum Gasteiger partial charge on any atom is -0.335 e. The Bertz CT molecular complexity index is 851. The molecule has 1 saturated carbocycles. The van der Waals surface area contributed by atoms with E-state index in [1.165, 1.54) is 24.2 Å². The fourth-order valence-electron chi connectivity index (χ4n) is 4.17. The first-order chi connectivity index (χ1) is 13.2. The van der Waals surface area contributed by atoms with Crippen LogP contribution in [0.15, 0.2) is 29.1 Å². The van der Waals surface area contributed by atoms with Crippen molar-refractivity contribution in [1.29, 1.82) is 0 Å². The first-order valence-electron chi connectivity index (χ1n) is 10.1. The van der Waals surface area contributed by atoms with Crippen LogP contribution in [0, 0.1) is 0 Å². The summed E-state index contributed by atoms with van der Waals surface area (Å²) in [5, 5.41) is 3.82. The van der Waals surface area contributed by atoms with Crippen molar-refractivity contribution in [2.75, 3.05) is 26.2 Å². The molecule has 0 spiro atoms. The minimum atomic E-state index is -0.0829. The van der Waals surface area contributed by atoms with Crippen LogP contribution in [0.2, 0.25) is 0 Å². The zero-order valence-electron chi connectivity index (χ0n) is 15.7. The number of fused-ring (bicyclic) bond motifs is 1. The lowest BCUT2D eigenvalue weighted by Crippen LogP contribution is -3.13. The van der Waals surface area contributed by atoms with Crippen LogP contribution in [-0.4, -0.2) is 53.1 Å². The SMILES string of the molecule is O=C(NC1CCCCC1)N1CC[NH+](Cc2nc3ccccc3c(=O)[nH]2)CC1. The molecule has 0 atom stereocenters. The topological polar surface area (TPSA) is 82.5 Å². The second-order valence-corrected chi connectivity index (χ2v) is 7.73. The van der Waals surface area contributed by atoms with Gasteiger partial charge in [0.15, 0.2) is 5.82 Å². The number of nitrogens with one attached hydrogen (secondary N) is 3. The van der Waals surface area contributed by atoms with Crippen LogP contribution < -0.4 is 15.8 Å². The maximum atomic E-state index is 12.5. The van der Waals surface area contributed by atoms with Gasteiger partial charge in [0.1, 0.15) is 6.54 Å². The number of hydrogen-bond donors (Lipinski definition) is 3. The van der Waals surface area contributed by atoms with Crippen molar-refractivity contribution in [2.24, 2.45) is 0 Å². The largest absolute Gasteiger partial charge is 0.335 e. The van der Waals surface area contributed by atoms with E-state index in [9.17, 15) is 9.59 Å². The standard InChI is InChI=1S/C20H27N5O2/c26-19-16-8-4-5-9-17(16)22-18(23-19)14-24-10-12-25(13-11-24)20(27)21-15-6-2-1-3-7-15/h4-5,8-9,15H,1-3,6-7,10-14H2,(H,21,27)(H,22,23,26)/p+1. The van der Waals surface area contributed by atoms with Gasteiger partial charge in [0.2, 0.25) is 0 Å². The molecule has 0 radical (unpaired) electrons. The molecule has 2 aliphatic rings. The van der Waals surface area contributed by atoms with Crippen LogP contribution in [0.5, 0.6) is 0 Å². The van der Waals surface area contributed by atoms with E-state index in [0.29, 0.717) is 23.8 Å². The summed E-state index contributed by atoms with van der Waals surface area (Å²) in [6.07, 6.45) is 5.95. The number of piperazine rings is 1. The molecule has 7 heteroatoms. The van der Waals surface area contributed by atoms with Crippen molar-refractivity contribution >= 4 is 16.9 Å². The third kappa shape index (κ3) is 4.30. The molecule has 2 fully saturated rings. The number of nitrogens with zero attached hydrogens (tertiary/aromatic N) is 2. The Morgan fingerprint density at radius 2 is 1.93 bits per heavy atom. The summed E-state index contributed by atoms with van der Waals surface area (Å²) in [5.74, 6) is 0.716. The lowest BCUT2D eigenvalue weighted by molar-refractivity contribution is -0.918. The van der Waals surface area contributed by atoms with Gasteiger partial charge in [-0.05, 0) is 25.0 Å². The van der Waals surface area contributed by atoms with Crippen LogP contribution in [0.4, 0.5) is 4.79 Å². The van der Waals surface area contributed by atoms with E-state index >= 15 is 0 Å². The maximum absolute atomic E-state index is 12.5. The third-order valence-corrected chi connectivity index (χ3v) is 5.77. The normalized spacial score (nSPS) is 19.3. The van der Waals surface area contributed by atoms with Gasteiger partial charge >= 0.3 is 6.03 Å². The highest BCUT2D eigenvalue weighted by molar-refractivity contribution is 5.77. The molecular weight excluding hydrogens is 342 g/mol. The molecule has 2 aromatic rings. The number of benzene rings is 1. The Balaban J connectivity index is 1.31. The Morgan fingerprint density at radius 3 is 2.70 bits per heavy atom. The summed E-state index contributed by atoms with van der Waals surface area (Å²) in [5.41, 5.74) is 0.654. The van der Waals surface area contributed by atoms with E-state index in [2.05, 4.69) is 15.3 Å². The fourth-order valence-corrected chi connectivity index (χ4v) is 4.17. The molecule has 1 aliphatic carbocycles. The van der Waals surface area contributed by atoms with Gasteiger partial charge < -0.3 is 20.1 Å².